The molecule has 0 aromatic heterocycles. The molecule has 4 aliphatic heterocycles. The van der Waals surface area contributed by atoms with Crippen LogP contribution in [-0.2, 0) is 166 Å². The van der Waals surface area contributed by atoms with Crippen molar-refractivity contribution in [3.63, 3.8) is 0 Å². The lowest BCUT2D eigenvalue weighted by Crippen LogP contribution is -2.71. The molecule has 0 bridgehead atoms. The number of ether oxygens (including phenoxy) is 21. The van der Waals surface area contributed by atoms with E-state index in [9.17, 15) is 62.3 Å². The van der Waals surface area contributed by atoms with Crippen molar-refractivity contribution in [1.82, 2.24) is 0 Å². The van der Waals surface area contributed by atoms with Gasteiger partial charge < -0.3 is 104 Å². The maximum absolute atomic E-state index is 13.9. The van der Waals surface area contributed by atoms with Gasteiger partial charge in [-0.15, -0.1) is 0 Å². The Bertz CT molecular complexity index is 3300. The van der Waals surface area contributed by atoms with Crippen LogP contribution in [-0.4, -0.2) is 248 Å². The lowest BCUT2D eigenvalue weighted by atomic mass is 9.93. The molecule has 0 amide bonds. The first-order valence-electron chi connectivity index (χ1n) is 32.8. The van der Waals surface area contributed by atoms with Crippen molar-refractivity contribution < 1.29 is 166 Å². The lowest BCUT2D eigenvalue weighted by Gasteiger charge is -2.52. The third kappa shape index (κ3) is 22.7. The Balaban J connectivity index is 1.69. The molecule has 0 radical (unpaired) electrons. The summed E-state index contributed by atoms with van der Waals surface area (Å²) in [5.74, 6) is -13.5. The third-order valence-corrected chi connectivity index (χ3v) is 21.1. The average Bonchev–Trinajstić information content (AvgIpc) is 0.749. The van der Waals surface area contributed by atoms with Crippen molar-refractivity contribution in [2.24, 2.45) is 0 Å². The fraction of sp³-hybridized carbons (Fsp3) is 0.632. The molecule has 0 spiro atoms. The van der Waals surface area contributed by atoms with Gasteiger partial charge in [0, 0.05) is 97.1 Å². The van der Waals surface area contributed by atoms with Crippen LogP contribution in [0.15, 0.2) is 60.7 Å². The second-order valence-electron chi connectivity index (χ2n) is 25.3. The molecule has 36 heteroatoms. The van der Waals surface area contributed by atoms with Crippen molar-refractivity contribution >= 4 is 96.3 Å². The summed E-state index contributed by atoms with van der Waals surface area (Å²) in [5, 5.41) is 0.661. The van der Waals surface area contributed by atoms with E-state index in [1.807, 2.05) is 69.3 Å². The van der Waals surface area contributed by atoms with Gasteiger partial charge in [-0.05, 0) is 15.4 Å². The van der Waals surface area contributed by atoms with E-state index in [1.165, 1.54) is 0 Å². The van der Waals surface area contributed by atoms with Crippen LogP contribution >= 0.6 is 0 Å². The number of hydrogen-bond donors (Lipinski definition) is 0. The maximum Gasteiger partial charge on any atom is 0.303 e. The van der Waals surface area contributed by atoms with Gasteiger partial charge in [0.15, 0.2) is 86.2 Å². The molecule has 2 aromatic carbocycles. The molecule has 35 nitrogen and oxygen atoms in total. The fourth-order valence-corrected chi connectivity index (χ4v) is 17.1. The highest BCUT2D eigenvalue weighted by atomic mass is 28.4. The minimum atomic E-state index is -3.76. The van der Waals surface area contributed by atoms with E-state index in [-0.39, 0.29) is 0 Å². The monoisotopic (exact) mass is 1490 g/mol. The molecule has 4 saturated heterocycles. The zero-order valence-corrected chi connectivity index (χ0v) is 61.5. The predicted molar refractivity (Wildman–Crippen MR) is 345 cm³/mol. The molecule has 0 unspecified atom stereocenters. The first-order chi connectivity index (χ1) is 48.8. The van der Waals surface area contributed by atoms with Crippen molar-refractivity contribution in [2.45, 2.75) is 245 Å². The zero-order chi connectivity index (χ0) is 77.2. The van der Waals surface area contributed by atoms with E-state index in [1.54, 1.807) is 12.1 Å². The minimum Gasteiger partial charge on any atom is -0.463 e. The third-order valence-electron chi connectivity index (χ3n) is 16.0. The second kappa shape index (κ2) is 37.9. The number of esters is 13. The van der Waals surface area contributed by atoms with Crippen molar-refractivity contribution in [3.05, 3.63) is 60.7 Å². The molecule has 4 aliphatic rings. The first-order valence-corrected chi connectivity index (χ1v) is 34.7. The molecule has 6 rings (SSSR count). The van der Waals surface area contributed by atoms with Crippen molar-refractivity contribution in [1.29, 1.82) is 0 Å². The van der Waals surface area contributed by atoms with Gasteiger partial charge in [0.05, 0.1) is 6.61 Å². The Morgan fingerprint density at radius 2 is 0.654 bits per heavy atom. The van der Waals surface area contributed by atoms with Gasteiger partial charge in [0.2, 0.25) is 0 Å². The highest BCUT2D eigenvalue weighted by Gasteiger charge is 2.63. The van der Waals surface area contributed by atoms with Gasteiger partial charge in [-0.25, -0.2) is 0 Å². The number of benzene rings is 2. The number of methoxy groups -OCH3 is 1. The summed E-state index contributed by atoms with van der Waals surface area (Å²) in [6.07, 6.45) is -41.4. The van der Waals surface area contributed by atoms with Gasteiger partial charge in [-0.3, -0.25) is 62.3 Å². The van der Waals surface area contributed by atoms with Crippen LogP contribution < -0.4 is 10.4 Å². The van der Waals surface area contributed by atoms with Gasteiger partial charge in [-0.2, -0.15) is 0 Å². The van der Waals surface area contributed by atoms with Crippen LogP contribution in [0.5, 0.6) is 0 Å². The van der Waals surface area contributed by atoms with E-state index >= 15 is 0 Å². The molecular weight excluding hydrogens is 1400 g/mol. The standard InChI is InChI=1S/C68H90O35Si/c1-32(69)83-28-47(87-35(4)72)52-55(89-37(6)74)59(92-40(9)77)63(96-44(13)81)67(102-52)103-58-54(50(97-64(82-17)60(58)93-41(10)78)31-86-104(68(14,15)16,45-24-20-18-21-25-45)46-26-22-19-23-27-46)101-66-62(95-43(12)80)57(91-39(8)76)53(49(99-66)30-85-34(3)71)100-65-61(94-42(11)79)56(90-38(7)75)51(88-36(5)73)48(98-65)29-84-33(2)70/h18-27,47-67H,28-31H2,1-17H3/t47-,48+,49+,50+,51-,52+,53+,54+,55+,56-,57-,58-,59-,60-,61+,62+,63-,64-,65-,66-,67-/m0/s1. The van der Waals surface area contributed by atoms with E-state index < -0.39 is 246 Å². The Kier molecular flexibility index (Phi) is 30.7. The van der Waals surface area contributed by atoms with Gasteiger partial charge in [0.1, 0.15) is 62.5 Å². The molecule has 0 saturated carbocycles. The Hall–Kier alpha value is -8.59. The smallest absolute Gasteiger partial charge is 0.303 e. The van der Waals surface area contributed by atoms with Crippen LogP contribution in [0, 0.1) is 0 Å². The number of carbonyl (C=O) groups is 13. The fourth-order valence-electron chi connectivity index (χ4n) is 12.5. The van der Waals surface area contributed by atoms with Crippen LogP contribution in [0.2, 0.25) is 5.04 Å². The van der Waals surface area contributed by atoms with Gasteiger partial charge >= 0.3 is 77.6 Å². The number of carbonyl (C=O) groups excluding carboxylic acids is 13. The predicted octanol–water partition coefficient (Wildman–Crippen LogP) is 1.27. The minimum absolute atomic E-state index is 0.600. The quantitative estimate of drug-likeness (QED) is 0.0628. The number of hydrogen-bond acceptors (Lipinski definition) is 35. The summed E-state index contributed by atoms with van der Waals surface area (Å²) >= 11 is 0. The highest BCUT2D eigenvalue weighted by molar-refractivity contribution is 6.99. The summed E-state index contributed by atoms with van der Waals surface area (Å²) < 4.78 is 135. The van der Waals surface area contributed by atoms with Gasteiger partial charge in [-0.1, -0.05) is 81.4 Å². The highest BCUT2D eigenvalue weighted by Crippen LogP contribution is 2.43. The van der Waals surface area contributed by atoms with E-state index in [2.05, 4.69) is 0 Å². The van der Waals surface area contributed by atoms with Crippen LogP contribution in [0.3, 0.4) is 0 Å². The van der Waals surface area contributed by atoms with Crippen LogP contribution in [0.4, 0.5) is 0 Å². The molecule has 576 valence electrons. The summed E-state index contributed by atoms with van der Waals surface area (Å²) in [5.41, 5.74) is 0. The van der Waals surface area contributed by atoms with Gasteiger partial charge in [0.25, 0.3) is 8.32 Å². The van der Waals surface area contributed by atoms with Crippen LogP contribution in [0.1, 0.15) is 111 Å². The Morgan fingerprint density at radius 1 is 0.346 bits per heavy atom. The molecule has 0 N–H and O–H groups in total. The molecule has 2 aromatic rings. The average molecular weight is 1500 g/mol. The van der Waals surface area contributed by atoms with E-state index in [0.29, 0.717) is 0 Å². The molecule has 21 atom stereocenters. The largest absolute Gasteiger partial charge is 0.463 e. The van der Waals surface area contributed by atoms with E-state index in [4.69, 9.17) is 104 Å². The molecule has 4 fully saturated rings. The first kappa shape index (κ1) is 84.3. The summed E-state index contributed by atoms with van der Waals surface area (Å²) in [7, 11) is -2.61. The SMILES string of the molecule is CO[C@H]1O[C@H](CO[Si](c2ccccc2)(c2ccccc2)C(C)(C)C)[C@@H](O[C@@H]2O[C@H](COC(C)=O)[C@@H](O[C@@H]3O[C@H](COC(C)=O)[C@H](OC(C)=O)[C@H](OC(C)=O)[C@H]3OC(C)=O)[C@H](OC(C)=O)[C@H]2OC(C)=O)[C@H](O[C@@H]2O[C@H]([C@H](COC(C)=O)OC(C)=O)[C@@H](OC(C)=O)[C@H](OC(C)=O)[C@@H]2OC(C)=O)[C@@H]1OC(C)=O. The van der Waals surface area contributed by atoms with Crippen molar-refractivity contribution in [2.75, 3.05) is 33.5 Å². The zero-order valence-electron chi connectivity index (χ0n) is 60.5. The summed E-state index contributed by atoms with van der Waals surface area (Å²) in [4.78, 5) is 171. The topological polar surface area (TPSA) is 425 Å². The number of rotatable bonds is 29. The maximum atomic E-state index is 13.9. The molecule has 0 aliphatic carbocycles. The molecule has 4 heterocycles. The Labute approximate surface area is 599 Å². The van der Waals surface area contributed by atoms with Crippen molar-refractivity contribution in [3.8, 4) is 0 Å². The lowest BCUT2D eigenvalue weighted by molar-refractivity contribution is -0.395. The van der Waals surface area contributed by atoms with Crippen LogP contribution in [0.25, 0.3) is 0 Å². The Morgan fingerprint density at radius 3 is 1.03 bits per heavy atom. The second-order valence-corrected chi connectivity index (χ2v) is 29.6. The molecule has 104 heavy (non-hydrogen) atoms. The molecular formula is C68H90O35Si. The van der Waals surface area contributed by atoms with E-state index in [0.717, 1.165) is 107 Å². The summed E-state index contributed by atoms with van der Waals surface area (Å²) in [6, 6.07) is 18.3. The summed E-state index contributed by atoms with van der Waals surface area (Å²) in [6.45, 7) is 15.3. The normalized spacial score (nSPS) is 29.3.